The third-order valence-corrected chi connectivity index (χ3v) is 4.84. The van der Waals surface area contributed by atoms with Crippen LogP contribution in [-0.4, -0.2) is 30.3 Å². The molecule has 0 unspecified atom stereocenters. The molecule has 1 aliphatic rings. The highest BCUT2D eigenvalue weighted by molar-refractivity contribution is 6.20. The monoisotopic (exact) mass is 444 g/mol. The molecule has 8 heteroatoms. The molecule has 166 valence electrons. The van der Waals surface area contributed by atoms with Gasteiger partial charge in [0.15, 0.2) is 6.61 Å². The van der Waals surface area contributed by atoms with Crippen LogP contribution in [-0.2, 0) is 19.1 Å². The smallest absolute Gasteiger partial charge is 0.338 e. The summed E-state index contributed by atoms with van der Waals surface area (Å²) in [4.78, 5) is 49.4. The molecule has 1 fully saturated rings. The minimum absolute atomic E-state index is 0.134. The van der Waals surface area contributed by atoms with Gasteiger partial charge in [-0.25, -0.2) is 4.79 Å². The maximum absolute atomic E-state index is 12.3. The second kappa shape index (κ2) is 9.78. The summed E-state index contributed by atoms with van der Waals surface area (Å²) in [5.41, 5.74) is 0.957. The first-order chi connectivity index (χ1) is 16.0. The van der Waals surface area contributed by atoms with Crippen molar-refractivity contribution in [2.24, 2.45) is 0 Å². The normalized spacial score (nSPS) is 13.0. The summed E-state index contributed by atoms with van der Waals surface area (Å²) in [6, 6.07) is 22.1. The second-order valence-corrected chi connectivity index (χ2v) is 7.24. The Morgan fingerprint density at radius 3 is 2.18 bits per heavy atom. The average Bonchev–Trinajstić information content (AvgIpc) is 3.17. The summed E-state index contributed by atoms with van der Waals surface area (Å²) in [5, 5.41) is 2.64. The lowest BCUT2D eigenvalue weighted by atomic mass is 10.2. The highest BCUT2D eigenvalue weighted by Gasteiger charge is 2.30. The number of para-hydroxylation sites is 1. The van der Waals surface area contributed by atoms with Crippen LogP contribution in [0.2, 0.25) is 0 Å². The van der Waals surface area contributed by atoms with Crippen LogP contribution in [0.3, 0.4) is 0 Å². The van der Waals surface area contributed by atoms with Crippen molar-refractivity contribution in [2.75, 3.05) is 16.8 Å². The Labute approximate surface area is 189 Å². The number of ether oxygens (including phenoxy) is 2. The van der Waals surface area contributed by atoms with E-state index in [-0.39, 0.29) is 30.2 Å². The summed E-state index contributed by atoms with van der Waals surface area (Å²) >= 11 is 0. The number of hydrogen-bond acceptors (Lipinski definition) is 6. The van der Waals surface area contributed by atoms with Gasteiger partial charge in [-0.05, 0) is 54.6 Å². The number of anilines is 2. The van der Waals surface area contributed by atoms with E-state index >= 15 is 0 Å². The molecule has 0 aromatic heterocycles. The molecule has 1 N–H and O–H groups in total. The largest absolute Gasteiger partial charge is 0.457 e. The van der Waals surface area contributed by atoms with Gasteiger partial charge in [-0.15, -0.1) is 0 Å². The van der Waals surface area contributed by atoms with Crippen LogP contribution >= 0.6 is 0 Å². The standard InChI is InChI=1S/C25H20N2O6/c28-22(26-18-9-11-21(12-10-18)33-20-7-2-1-3-8-20)16-32-25(31)17-5-4-6-19(15-17)27-23(29)13-14-24(27)30/h1-12,15H,13-14,16H2,(H,26,28). The number of hydrogen-bond donors (Lipinski definition) is 1. The van der Waals surface area contributed by atoms with Gasteiger partial charge in [-0.2, -0.15) is 0 Å². The fraction of sp³-hybridized carbons (Fsp3) is 0.120. The Balaban J connectivity index is 1.30. The average molecular weight is 444 g/mol. The summed E-state index contributed by atoms with van der Waals surface area (Å²) in [7, 11) is 0. The Bertz CT molecular complexity index is 1180. The van der Waals surface area contributed by atoms with Gasteiger partial charge in [0.2, 0.25) is 11.8 Å². The van der Waals surface area contributed by atoms with E-state index < -0.39 is 18.5 Å². The van der Waals surface area contributed by atoms with Crippen molar-refractivity contribution in [1.82, 2.24) is 0 Å². The maximum atomic E-state index is 12.3. The fourth-order valence-electron chi connectivity index (χ4n) is 3.28. The van der Waals surface area contributed by atoms with Gasteiger partial charge in [0.05, 0.1) is 11.3 Å². The van der Waals surface area contributed by atoms with E-state index in [4.69, 9.17) is 9.47 Å². The highest BCUT2D eigenvalue weighted by Crippen LogP contribution is 2.24. The lowest BCUT2D eigenvalue weighted by Gasteiger charge is -2.14. The van der Waals surface area contributed by atoms with Crippen molar-refractivity contribution >= 4 is 35.1 Å². The van der Waals surface area contributed by atoms with Gasteiger partial charge in [0, 0.05) is 18.5 Å². The number of nitrogens with one attached hydrogen (secondary N) is 1. The topological polar surface area (TPSA) is 102 Å². The van der Waals surface area contributed by atoms with Crippen molar-refractivity contribution in [3.8, 4) is 11.5 Å². The molecular formula is C25H20N2O6. The molecule has 33 heavy (non-hydrogen) atoms. The molecule has 3 aromatic rings. The number of imide groups is 1. The number of carbonyl (C=O) groups is 4. The molecule has 0 spiro atoms. The van der Waals surface area contributed by atoms with Crippen molar-refractivity contribution < 1.29 is 28.7 Å². The molecule has 3 amide bonds. The Morgan fingerprint density at radius 2 is 1.48 bits per heavy atom. The third-order valence-electron chi connectivity index (χ3n) is 4.84. The summed E-state index contributed by atoms with van der Waals surface area (Å²) in [6.07, 6.45) is 0.292. The van der Waals surface area contributed by atoms with Crippen LogP contribution in [0.15, 0.2) is 78.9 Å². The van der Waals surface area contributed by atoms with E-state index in [2.05, 4.69) is 5.32 Å². The van der Waals surface area contributed by atoms with E-state index in [1.54, 1.807) is 36.4 Å². The second-order valence-electron chi connectivity index (χ2n) is 7.24. The van der Waals surface area contributed by atoms with Crippen LogP contribution < -0.4 is 15.0 Å². The molecule has 8 nitrogen and oxygen atoms in total. The van der Waals surface area contributed by atoms with E-state index in [0.717, 1.165) is 4.90 Å². The molecule has 1 heterocycles. The minimum Gasteiger partial charge on any atom is -0.457 e. The molecule has 1 aliphatic heterocycles. The van der Waals surface area contributed by atoms with Crippen LogP contribution in [0.25, 0.3) is 0 Å². The molecule has 0 radical (unpaired) electrons. The first kappa shape index (κ1) is 21.8. The van der Waals surface area contributed by atoms with Gasteiger partial charge >= 0.3 is 5.97 Å². The van der Waals surface area contributed by atoms with Crippen LogP contribution in [0.4, 0.5) is 11.4 Å². The molecule has 0 bridgehead atoms. The van der Waals surface area contributed by atoms with Gasteiger partial charge in [-0.1, -0.05) is 24.3 Å². The number of esters is 1. The zero-order chi connectivity index (χ0) is 23.2. The highest BCUT2D eigenvalue weighted by atomic mass is 16.5. The van der Waals surface area contributed by atoms with E-state index in [1.165, 1.54) is 12.1 Å². The van der Waals surface area contributed by atoms with Crippen LogP contribution in [0, 0.1) is 0 Å². The van der Waals surface area contributed by atoms with Gasteiger partial charge in [0.25, 0.3) is 5.91 Å². The van der Waals surface area contributed by atoms with Crippen molar-refractivity contribution in [1.29, 1.82) is 0 Å². The summed E-state index contributed by atoms with van der Waals surface area (Å²) in [5.74, 6) is -0.571. The molecule has 3 aromatic carbocycles. The Hall–Kier alpha value is -4.46. The first-order valence-corrected chi connectivity index (χ1v) is 10.3. The van der Waals surface area contributed by atoms with Gasteiger partial charge in [-0.3, -0.25) is 19.3 Å². The molecule has 0 atom stereocenters. The molecular weight excluding hydrogens is 424 g/mol. The Morgan fingerprint density at radius 1 is 0.818 bits per heavy atom. The zero-order valence-electron chi connectivity index (χ0n) is 17.5. The maximum Gasteiger partial charge on any atom is 0.338 e. The van der Waals surface area contributed by atoms with Crippen molar-refractivity contribution in [3.05, 3.63) is 84.4 Å². The Kier molecular flexibility index (Phi) is 6.45. The number of rotatable bonds is 7. The quantitative estimate of drug-likeness (QED) is 0.438. The SMILES string of the molecule is O=C(COC(=O)c1cccc(N2C(=O)CCC2=O)c1)Nc1ccc(Oc2ccccc2)cc1. The van der Waals surface area contributed by atoms with Crippen LogP contribution in [0.1, 0.15) is 23.2 Å². The number of carbonyl (C=O) groups excluding carboxylic acids is 4. The van der Waals surface area contributed by atoms with E-state index in [9.17, 15) is 19.2 Å². The predicted octanol–water partition coefficient (Wildman–Crippen LogP) is 3.93. The van der Waals surface area contributed by atoms with Crippen LogP contribution in [0.5, 0.6) is 11.5 Å². The first-order valence-electron chi connectivity index (χ1n) is 10.3. The van der Waals surface area contributed by atoms with Crippen molar-refractivity contribution in [3.63, 3.8) is 0 Å². The lowest BCUT2D eigenvalue weighted by Crippen LogP contribution is -2.28. The van der Waals surface area contributed by atoms with E-state index in [0.29, 0.717) is 22.9 Å². The molecule has 0 aliphatic carbocycles. The molecule has 1 saturated heterocycles. The fourth-order valence-corrected chi connectivity index (χ4v) is 3.28. The summed E-state index contributed by atoms with van der Waals surface area (Å²) in [6.45, 7) is -0.493. The van der Waals surface area contributed by atoms with E-state index in [1.807, 2.05) is 30.3 Å². The lowest BCUT2D eigenvalue weighted by molar-refractivity contribution is -0.121. The number of benzene rings is 3. The minimum atomic E-state index is -0.738. The zero-order valence-corrected chi connectivity index (χ0v) is 17.5. The number of amides is 3. The molecule has 0 saturated carbocycles. The van der Waals surface area contributed by atoms with Crippen molar-refractivity contribution in [2.45, 2.75) is 12.8 Å². The molecule has 4 rings (SSSR count). The van der Waals surface area contributed by atoms with Gasteiger partial charge < -0.3 is 14.8 Å². The predicted molar refractivity (Wildman–Crippen MR) is 120 cm³/mol. The summed E-state index contributed by atoms with van der Waals surface area (Å²) < 4.78 is 10.8. The number of nitrogens with zero attached hydrogens (tertiary/aromatic N) is 1. The third kappa shape index (κ3) is 5.43. The van der Waals surface area contributed by atoms with Gasteiger partial charge in [0.1, 0.15) is 11.5 Å².